The number of carboxylic acid groups (broad SMARTS) is 1. The number of alkyl carbamates (subject to hydrolysis) is 1. The molecule has 0 bridgehead atoms. The lowest BCUT2D eigenvalue weighted by atomic mass is 9.98. The third-order valence-electron chi connectivity index (χ3n) is 5.85. The normalized spacial score (nSPS) is 12.9. The van der Waals surface area contributed by atoms with Crippen LogP contribution in [-0.4, -0.2) is 40.8 Å². The van der Waals surface area contributed by atoms with Crippen LogP contribution in [0.2, 0.25) is 0 Å². The molecule has 8 nitrogen and oxygen atoms in total. The van der Waals surface area contributed by atoms with E-state index in [0.717, 1.165) is 28.3 Å². The van der Waals surface area contributed by atoms with E-state index in [0.29, 0.717) is 0 Å². The predicted octanol–water partition coefficient (Wildman–Crippen LogP) is 4.35. The number of ether oxygens (including phenoxy) is 1. The van der Waals surface area contributed by atoms with E-state index in [9.17, 15) is 24.6 Å². The van der Waals surface area contributed by atoms with Gasteiger partial charge in [0.2, 0.25) is 5.91 Å². The number of hydrogen-bond acceptors (Lipinski definition) is 5. The Hall–Kier alpha value is -4.33. The molecule has 8 heteroatoms. The monoisotopic (exact) mass is 460 g/mol. The fraction of sp³-hybridized carbons (Fsp3) is 0.192. The lowest BCUT2D eigenvalue weighted by Crippen LogP contribution is -2.44. The number of fused-ring (bicyclic) bond motifs is 3. The summed E-state index contributed by atoms with van der Waals surface area (Å²) < 4.78 is 5.49. The number of phenolic OH excluding ortho intramolecular Hbond substituents is 1. The van der Waals surface area contributed by atoms with Crippen LogP contribution in [0.15, 0.2) is 66.7 Å². The second kappa shape index (κ2) is 9.66. The van der Waals surface area contributed by atoms with Crippen LogP contribution in [0, 0.1) is 0 Å². The van der Waals surface area contributed by atoms with Crippen LogP contribution < -0.4 is 10.6 Å². The van der Waals surface area contributed by atoms with Gasteiger partial charge in [-0.05, 0) is 46.9 Å². The van der Waals surface area contributed by atoms with E-state index in [1.807, 2.05) is 48.5 Å². The van der Waals surface area contributed by atoms with Crippen LogP contribution in [0.25, 0.3) is 11.1 Å². The quantitative estimate of drug-likeness (QED) is 0.389. The van der Waals surface area contributed by atoms with Gasteiger partial charge in [-0.15, -0.1) is 0 Å². The van der Waals surface area contributed by atoms with Crippen LogP contribution in [0.5, 0.6) is 5.75 Å². The van der Waals surface area contributed by atoms with Gasteiger partial charge in [0.05, 0.1) is 11.3 Å². The van der Waals surface area contributed by atoms with Crippen molar-refractivity contribution < 1.29 is 29.3 Å². The van der Waals surface area contributed by atoms with Crippen molar-refractivity contribution in [2.45, 2.75) is 25.3 Å². The summed E-state index contributed by atoms with van der Waals surface area (Å²) in [5.74, 6) is -2.24. The zero-order valence-electron chi connectivity index (χ0n) is 18.4. The average Bonchev–Trinajstić information content (AvgIpc) is 3.15. The second-order valence-corrected chi connectivity index (χ2v) is 7.96. The molecule has 1 unspecified atom stereocenters. The number of carboxylic acids is 1. The third kappa shape index (κ3) is 4.56. The summed E-state index contributed by atoms with van der Waals surface area (Å²) in [7, 11) is 0. The first-order chi connectivity index (χ1) is 16.4. The molecule has 0 radical (unpaired) electrons. The molecule has 0 fully saturated rings. The van der Waals surface area contributed by atoms with Crippen LogP contribution in [0.4, 0.5) is 10.5 Å². The van der Waals surface area contributed by atoms with Gasteiger partial charge in [-0.2, -0.15) is 0 Å². The minimum atomic E-state index is -1.30. The van der Waals surface area contributed by atoms with Crippen molar-refractivity contribution in [3.05, 3.63) is 83.4 Å². The lowest BCUT2D eigenvalue weighted by Gasteiger charge is -2.19. The van der Waals surface area contributed by atoms with Crippen molar-refractivity contribution in [2.24, 2.45) is 0 Å². The van der Waals surface area contributed by atoms with Crippen LogP contribution >= 0.6 is 0 Å². The number of hydrogen-bond donors (Lipinski definition) is 4. The Morgan fingerprint density at radius 3 is 2.18 bits per heavy atom. The smallest absolute Gasteiger partial charge is 0.407 e. The first-order valence-electron chi connectivity index (χ1n) is 10.9. The van der Waals surface area contributed by atoms with Crippen molar-refractivity contribution in [3.8, 4) is 16.9 Å². The van der Waals surface area contributed by atoms with Crippen LogP contribution in [0.1, 0.15) is 40.7 Å². The molecule has 0 heterocycles. The third-order valence-corrected chi connectivity index (χ3v) is 5.85. The molecule has 0 spiro atoms. The number of aromatic carboxylic acids is 1. The topological polar surface area (TPSA) is 125 Å². The van der Waals surface area contributed by atoms with E-state index in [2.05, 4.69) is 10.6 Å². The Labute approximate surface area is 196 Å². The second-order valence-electron chi connectivity index (χ2n) is 7.96. The summed E-state index contributed by atoms with van der Waals surface area (Å²) in [5.41, 5.74) is 4.14. The Morgan fingerprint density at radius 2 is 1.59 bits per heavy atom. The molecule has 4 rings (SSSR count). The largest absolute Gasteiger partial charge is 0.508 e. The molecule has 0 saturated carbocycles. The molecule has 2 amide bonds. The Balaban J connectivity index is 1.41. The standard InChI is InChI=1S/C26H24N2O6/c1-2-22(24(30)27-23-12-11-15(29)13-20(23)25(31)32)28-26(33)34-14-21-18-9-5-3-7-16(18)17-8-4-6-10-19(17)21/h3-13,21-22,29H,2,14H2,1H3,(H,27,30)(H,28,33)(H,31,32). The van der Waals surface area contributed by atoms with Crippen LogP contribution in [0.3, 0.4) is 0 Å². The number of amides is 2. The molecule has 174 valence electrons. The van der Waals surface area contributed by atoms with Gasteiger partial charge in [-0.1, -0.05) is 55.5 Å². The van der Waals surface area contributed by atoms with Gasteiger partial charge in [0.25, 0.3) is 0 Å². The zero-order chi connectivity index (χ0) is 24.2. The SMILES string of the molecule is CCC(NC(=O)OCC1c2ccccc2-c2ccccc21)C(=O)Nc1ccc(O)cc1C(=O)O. The van der Waals surface area contributed by atoms with Gasteiger partial charge in [0.1, 0.15) is 18.4 Å². The first-order valence-corrected chi connectivity index (χ1v) is 10.9. The number of carbonyl (C=O) groups is 3. The molecule has 0 aromatic heterocycles. The molecular weight excluding hydrogens is 436 g/mol. The highest BCUT2D eigenvalue weighted by Crippen LogP contribution is 2.44. The first kappa shape index (κ1) is 22.8. The molecule has 3 aromatic carbocycles. The number of carbonyl (C=O) groups excluding carboxylic acids is 2. The molecule has 0 saturated heterocycles. The summed E-state index contributed by atoms with van der Waals surface area (Å²) >= 11 is 0. The van der Waals surface area contributed by atoms with Crippen molar-refractivity contribution in [1.29, 1.82) is 0 Å². The average molecular weight is 460 g/mol. The summed E-state index contributed by atoms with van der Waals surface area (Å²) in [6, 6.07) is 18.6. The summed E-state index contributed by atoms with van der Waals surface area (Å²) in [4.78, 5) is 36.6. The van der Waals surface area contributed by atoms with Gasteiger partial charge in [0.15, 0.2) is 0 Å². The lowest BCUT2D eigenvalue weighted by molar-refractivity contribution is -0.118. The minimum absolute atomic E-state index is 0.0167. The number of nitrogens with one attached hydrogen (secondary N) is 2. The maximum Gasteiger partial charge on any atom is 0.407 e. The summed E-state index contributed by atoms with van der Waals surface area (Å²) in [6.07, 6.45) is -0.482. The highest BCUT2D eigenvalue weighted by Gasteiger charge is 2.29. The Morgan fingerprint density at radius 1 is 0.971 bits per heavy atom. The Kier molecular flexibility index (Phi) is 6.49. The molecule has 1 aliphatic carbocycles. The van der Waals surface area contributed by atoms with Crippen molar-refractivity contribution in [2.75, 3.05) is 11.9 Å². The minimum Gasteiger partial charge on any atom is -0.508 e. The van der Waals surface area contributed by atoms with Gasteiger partial charge < -0.3 is 25.6 Å². The highest BCUT2D eigenvalue weighted by molar-refractivity contribution is 6.03. The summed E-state index contributed by atoms with van der Waals surface area (Å²) in [5, 5.41) is 23.9. The number of aromatic hydroxyl groups is 1. The van der Waals surface area contributed by atoms with Crippen molar-refractivity contribution in [1.82, 2.24) is 5.32 Å². The van der Waals surface area contributed by atoms with E-state index in [-0.39, 0.29) is 35.9 Å². The molecule has 4 N–H and O–H groups in total. The molecule has 34 heavy (non-hydrogen) atoms. The molecule has 1 atom stereocenters. The molecule has 0 aliphatic heterocycles. The highest BCUT2D eigenvalue weighted by atomic mass is 16.5. The molecule has 3 aromatic rings. The van der Waals surface area contributed by atoms with Gasteiger partial charge in [-0.3, -0.25) is 4.79 Å². The Bertz CT molecular complexity index is 1210. The van der Waals surface area contributed by atoms with E-state index in [4.69, 9.17) is 4.74 Å². The van der Waals surface area contributed by atoms with Crippen LogP contribution in [-0.2, 0) is 9.53 Å². The number of rotatable bonds is 7. The molecular formula is C26H24N2O6. The van der Waals surface area contributed by atoms with Gasteiger partial charge >= 0.3 is 12.1 Å². The predicted molar refractivity (Wildman–Crippen MR) is 126 cm³/mol. The van der Waals surface area contributed by atoms with Crippen molar-refractivity contribution >= 4 is 23.7 Å². The van der Waals surface area contributed by atoms with E-state index < -0.39 is 24.0 Å². The number of phenols is 1. The number of benzene rings is 3. The van der Waals surface area contributed by atoms with E-state index in [1.54, 1.807) is 6.92 Å². The zero-order valence-corrected chi connectivity index (χ0v) is 18.4. The van der Waals surface area contributed by atoms with Crippen molar-refractivity contribution in [3.63, 3.8) is 0 Å². The summed E-state index contributed by atoms with van der Waals surface area (Å²) in [6.45, 7) is 1.82. The maximum atomic E-state index is 12.7. The van der Waals surface area contributed by atoms with E-state index in [1.165, 1.54) is 12.1 Å². The fourth-order valence-corrected chi connectivity index (χ4v) is 4.17. The number of anilines is 1. The molecule has 1 aliphatic rings. The van der Waals surface area contributed by atoms with E-state index >= 15 is 0 Å². The maximum absolute atomic E-state index is 12.7. The van der Waals surface area contributed by atoms with Gasteiger partial charge in [-0.25, -0.2) is 9.59 Å². The van der Waals surface area contributed by atoms with Gasteiger partial charge in [0, 0.05) is 5.92 Å². The fourth-order valence-electron chi connectivity index (χ4n) is 4.17.